The van der Waals surface area contributed by atoms with E-state index in [0.717, 1.165) is 24.8 Å². The third-order valence-corrected chi connectivity index (χ3v) is 5.84. The van der Waals surface area contributed by atoms with Gasteiger partial charge in [0.15, 0.2) is 0 Å². The van der Waals surface area contributed by atoms with Crippen LogP contribution in [-0.4, -0.2) is 29.0 Å². The molecule has 0 aliphatic carbocycles. The van der Waals surface area contributed by atoms with Gasteiger partial charge in [-0.3, -0.25) is 4.68 Å². The fraction of sp³-hybridized carbons (Fsp3) is 0.400. The molecule has 0 spiro atoms. The summed E-state index contributed by atoms with van der Waals surface area (Å²) in [5.74, 6) is 0. The molecule has 0 saturated carbocycles. The standard InChI is InChI=1S/C15H19N3O2S/c1-17-12-13(11-16-17)15-9-5-6-10-18(15)21(19,20)14-7-3-2-4-8-14/h2-4,7-8,11-12,15H,5-6,9-10H2,1H3/t15-/m0/s1. The highest BCUT2D eigenvalue weighted by molar-refractivity contribution is 7.89. The fourth-order valence-corrected chi connectivity index (χ4v) is 4.57. The van der Waals surface area contributed by atoms with Crippen molar-refractivity contribution in [1.82, 2.24) is 14.1 Å². The number of benzene rings is 1. The normalized spacial score (nSPS) is 20.5. The molecule has 112 valence electrons. The quantitative estimate of drug-likeness (QED) is 0.874. The highest BCUT2D eigenvalue weighted by Crippen LogP contribution is 2.35. The Labute approximate surface area is 125 Å². The molecular weight excluding hydrogens is 286 g/mol. The maximum Gasteiger partial charge on any atom is 0.243 e. The summed E-state index contributed by atoms with van der Waals surface area (Å²) < 4.78 is 29.1. The van der Waals surface area contributed by atoms with Crippen molar-refractivity contribution >= 4 is 10.0 Å². The first-order valence-corrected chi connectivity index (χ1v) is 8.58. The van der Waals surface area contributed by atoms with Crippen molar-refractivity contribution in [3.05, 3.63) is 48.3 Å². The van der Waals surface area contributed by atoms with Crippen LogP contribution in [0.3, 0.4) is 0 Å². The second-order valence-electron chi connectivity index (χ2n) is 5.39. The lowest BCUT2D eigenvalue weighted by Crippen LogP contribution is -2.38. The summed E-state index contributed by atoms with van der Waals surface area (Å²) in [7, 11) is -1.60. The van der Waals surface area contributed by atoms with E-state index in [0.29, 0.717) is 11.4 Å². The second kappa shape index (κ2) is 5.61. The maximum absolute atomic E-state index is 12.9. The van der Waals surface area contributed by atoms with Crippen molar-refractivity contribution in [3.63, 3.8) is 0 Å². The molecule has 1 aliphatic heterocycles. The molecule has 1 atom stereocenters. The molecule has 0 N–H and O–H groups in total. The maximum atomic E-state index is 12.9. The zero-order valence-corrected chi connectivity index (χ0v) is 12.8. The van der Waals surface area contributed by atoms with Gasteiger partial charge in [0.05, 0.1) is 17.1 Å². The highest BCUT2D eigenvalue weighted by Gasteiger charge is 2.34. The van der Waals surface area contributed by atoms with Crippen LogP contribution in [0.5, 0.6) is 0 Å². The molecule has 2 aromatic rings. The number of hydrogen-bond donors (Lipinski definition) is 0. The van der Waals surface area contributed by atoms with Crippen molar-refractivity contribution in [2.24, 2.45) is 7.05 Å². The zero-order valence-electron chi connectivity index (χ0n) is 12.0. The van der Waals surface area contributed by atoms with Gasteiger partial charge in [-0.2, -0.15) is 9.40 Å². The van der Waals surface area contributed by atoms with Crippen LogP contribution in [0, 0.1) is 0 Å². The monoisotopic (exact) mass is 305 g/mol. The molecular formula is C15H19N3O2S. The smallest absolute Gasteiger partial charge is 0.243 e. The molecule has 6 heteroatoms. The van der Waals surface area contributed by atoms with Crippen LogP contribution in [0.1, 0.15) is 30.9 Å². The average Bonchev–Trinajstić information content (AvgIpc) is 2.95. The van der Waals surface area contributed by atoms with Gasteiger partial charge in [-0.15, -0.1) is 0 Å². The molecule has 2 heterocycles. The molecule has 3 rings (SSSR count). The summed E-state index contributed by atoms with van der Waals surface area (Å²) in [6, 6.07) is 8.55. The van der Waals surface area contributed by atoms with E-state index in [4.69, 9.17) is 0 Å². The summed E-state index contributed by atoms with van der Waals surface area (Å²) in [5, 5.41) is 4.18. The molecule has 1 fully saturated rings. The van der Waals surface area contributed by atoms with E-state index >= 15 is 0 Å². The number of rotatable bonds is 3. The highest BCUT2D eigenvalue weighted by atomic mass is 32.2. The lowest BCUT2D eigenvalue weighted by Gasteiger charge is -2.34. The van der Waals surface area contributed by atoms with Crippen molar-refractivity contribution in [2.45, 2.75) is 30.2 Å². The Morgan fingerprint density at radius 1 is 1.19 bits per heavy atom. The molecule has 1 aromatic carbocycles. The van der Waals surface area contributed by atoms with Gasteiger partial charge < -0.3 is 0 Å². The van der Waals surface area contributed by atoms with E-state index in [1.165, 1.54) is 0 Å². The lowest BCUT2D eigenvalue weighted by molar-refractivity contribution is 0.256. The lowest BCUT2D eigenvalue weighted by atomic mass is 10.0. The van der Waals surface area contributed by atoms with Gasteiger partial charge in [-0.05, 0) is 25.0 Å². The third-order valence-electron chi connectivity index (χ3n) is 3.91. The van der Waals surface area contributed by atoms with Crippen molar-refractivity contribution in [2.75, 3.05) is 6.54 Å². The molecule has 0 bridgehead atoms. The Bertz CT molecular complexity index is 710. The van der Waals surface area contributed by atoms with E-state index in [2.05, 4.69) is 5.10 Å². The van der Waals surface area contributed by atoms with Gasteiger partial charge in [0, 0.05) is 25.4 Å². The van der Waals surface area contributed by atoms with Crippen LogP contribution in [0.2, 0.25) is 0 Å². The SMILES string of the molecule is Cn1cc([C@@H]2CCCCN2S(=O)(=O)c2ccccc2)cn1. The molecule has 0 amide bonds. The Kier molecular flexibility index (Phi) is 3.82. The van der Waals surface area contributed by atoms with Crippen molar-refractivity contribution < 1.29 is 8.42 Å². The Balaban J connectivity index is 1.98. The largest absolute Gasteiger partial charge is 0.275 e. The minimum atomic E-state index is -3.45. The predicted molar refractivity (Wildman–Crippen MR) is 80.1 cm³/mol. The first-order valence-electron chi connectivity index (χ1n) is 7.14. The van der Waals surface area contributed by atoms with Gasteiger partial charge in [-0.25, -0.2) is 8.42 Å². The average molecular weight is 305 g/mol. The zero-order chi connectivity index (χ0) is 14.9. The first kappa shape index (κ1) is 14.3. The first-order chi connectivity index (χ1) is 10.1. The fourth-order valence-electron chi connectivity index (χ4n) is 2.87. The molecule has 0 radical (unpaired) electrons. The number of piperidine rings is 1. The van der Waals surface area contributed by atoms with Gasteiger partial charge in [-0.1, -0.05) is 24.6 Å². The van der Waals surface area contributed by atoms with E-state index in [9.17, 15) is 8.42 Å². The minimum Gasteiger partial charge on any atom is -0.275 e. The van der Waals surface area contributed by atoms with Crippen LogP contribution in [0.25, 0.3) is 0 Å². The number of sulfonamides is 1. The van der Waals surface area contributed by atoms with E-state index in [-0.39, 0.29) is 6.04 Å². The van der Waals surface area contributed by atoms with E-state index in [1.54, 1.807) is 39.4 Å². The number of aryl methyl sites for hydroxylation is 1. The van der Waals surface area contributed by atoms with Crippen molar-refractivity contribution in [1.29, 1.82) is 0 Å². The van der Waals surface area contributed by atoms with Crippen LogP contribution < -0.4 is 0 Å². The van der Waals surface area contributed by atoms with Gasteiger partial charge in [0.25, 0.3) is 0 Å². The summed E-state index contributed by atoms with van der Waals surface area (Å²) in [4.78, 5) is 0.362. The summed E-state index contributed by atoms with van der Waals surface area (Å²) in [6.07, 6.45) is 6.47. The molecule has 21 heavy (non-hydrogen) atoms. The number of nitrogens with zero attached hydrogens (tertiary/aromatic N) is 3. The Hall–Kier alpha value is -1.66. The molecule has 0 unspecified atom stereocenters. The summed E-state index contributed by atoms with van der Waals surface area (Å²) in [5.41, 5.74) is 0.969. The molecule has 1 aliphatic rings. The molecule has 1 saturated heterocycles. The summed E-state index contributed by atoms with van der Waals surface area (Å²) in [6.45, 7) is 0.566. The van der Waals surface area contributed by atoms with Crippen LogP contribution >= 0.6 is 0 Å². The van der Waals surface area contributed by atoms with Crippen LogP contribution in [-0.2, 0) is 17.1 Å². The van der Waals surface area contributed by atoms with Crippen LogP contribution in [0.15, 0.2) is 47.6 Å². The molecule has 5 nitrogen and oxygen atoms in total. The van der Waals surface area contributed by atoms with Crippen LogP contribution in [0.4, 0.5) is 0 Å². The molecule has 1 aromatic heterocycles. The minimum absolute atomic E-state index is 0.113. The van der Waals surface area contributed by atoms with Gasteiger partial charge in [0.2, 0.25) is 10.0 Å². The van der Waals surface area contributed by atoms with Gasteiger partial charge >= 0.3 is 0 Å². The van der Waals surface area contributed by atoms with Gasteiger partial charge in [0.1, 0.15) is 0 Å². The Morgan fingerprint density at radius 3 is 2.62 bits per heavy atom. The topological polar surface area (TPSA) is 55.2 Å². The third kappa shape index (κ3) is 2.73. The van der Waals surface area contributed by atoms with E-state index < -0.39 is 10.0 Å². The number of hydrogen-bond acceptors (Lipinski definition) is 3. The second-order valence-corrected chi connectivity index (χ2v) is 7.28. The van der Waals surface area contributed by atoms with Crippen molar-refractivity contribution in [3.8, 4) is 0 Å². The summed E-state index contributed by atoms with van der Waals surface area (Å²) >= 11 is 0. The van der Waals surface area contributed by atoms with E-state index in [1.807, 2.05) is 19.3 Å². The Morgan fingerprint density at radius 2 is 1.95 bits per heavy atom. The predicted octanol–water partition coefficient (Wildman–Crippen LogP) is 2.34. The number of aromatic nitrogens is 2.